The molecule has 0 saturated carbocycles. The van der Waals surface area contributed by atoms with E-state index in [9.17, 15) is 9.59 Å². The van der Waals surface area contributed by atoms with E-state index in [1.807, 2.05) is 31.2 Å². The Kier molecular flexibility index (Phi) is 5.55. The molecule has 2 atom stereocenters. The molecule has 0 spiro atoms. The van der Waals surface area contributed by atoms with E-state index in [-0.39, 0.29) is 17.8 Å². The lowest BCUT2D eigenvalue weighted by molar-refractivity contribution is -0.151. The molecule has 120 valence electrons. The molecule has 1 aliphatic heterocycles. The highest BCUT2D eigenvalue weighted by atomic mass is 16.5. The molecule has 2 N–H and O–H groups in total. The molecule has 1 fully saturated rings. The number of ether oxygens (including phenoxy) is 1. The Morgan fingerprint density at radius 3 is 2.68 bits per heavy atom. The third-order valence-electron chi connectivity index (χ3n) is 4.06. The molecular weight excluding hydrogens is 280 g/mol. The zero-order chi connectivity index (χ0) is 16.1. The number of nitrogens with two attached hydrogens (primary N) is 1. The van der Waals surface area contributed by atoms with E-state index >= 15 is 0 Å². The van der Waals surface area contributed by atoms with Crippen LogP contribution in [0, 0.1) is 12.8 Å². The second-order valence-electron chi connectivity index (χ2n) is 5.76. The Labute approximate surface area is 131 Å². The lowest BCUT2D eigenvalue weighted by Gasteiger charge is -2.33. The SMILES string of the molecule is CCOC(=O)C1CCCN(C(=O)C(N)c2ccc(C)cc2)C1. The number of likely N-dealkylation sites (tertiary alicyclic amines) is 1. The number of nitrogens with zero attached hydrogens (tertiary/aromatic N) is 1. The highest BCUT2D eigenvalue weighted by molar-refractivity contribution is 5.84. The summed E-state index contributed by atoms with van der Waals surface area (Å²) in [5.41, 5.74) is 8.02. The molecule has 1 aromatic rings. The molecule has 0 radical (unpaired) electrons. The monoisotopic (exact) mass is 304 g/mol. The van der Waals surface area contributed by atoms with Gasteiger partial charge in [-0.05, 0) is 32.3 Å². The first kappa shape index (κ1) is 16.5. The van der Waals surface area contributed by atoms with Crippen LogP contribution in [0.15, 0.2) is 24.3 Å². The Hall–Kier alpha value is -1.88. The van der Waals surface area contributed by atoms with Gasteiger partial charge in [-0.3, -0.25) is 9.59 Å². The molecule has 22 heavy (non-hydrogen) atoms. The molecule has 1 aromatic carbocycles. The van der Waals surface area contributed by atoms with E-state index in [0.29, 0.717) is 19.7 Å². The van der Waals surface area contributed by atoms with Gasteiger partial charge >= 0.3 is 5.97 Å². The van der Waals surface area contributed by atoms with Crippen LogP contribution in [0.25, 0.3) is 0 Å². The Balaban J connectivity index is 2.02. The van der Waals surface area contributed by atoms with Crippen molar-refractivity contribution in [2.24, 2.45) is 11.7 Å². The van der Waals surface area contributed by atoms with Gasteiger partial charge in [0.25, 0.3) is 0 Å². The summed E-state index contributed by atoms with van der Waals surface area (Å²) in [5.74, 6) is -0.579. The third kappa shape index (κ3) is 3.85. The summed E-state index contributed by atoms with van der Waals surface area (Å²) in [5, 5.41) is 0. The van der Waals surface area contributed by atoms with Gasteiger partial charge in [0.05, 0.1) is 12.5 Å². The van der Waals surface area contributed by atoms with Crippen LogP contribution >= 0.6 is 0 Å². The fraction of sp³-hybridized carbons (Fsp3) is 0.529. The van der Waals surface area contributed by atoms with E-state index in [1.54, 1.807) is 11.8 Å². The molecule has 5 nitrogen and oxygen atoms in total. The van der Waals surface area contributed by atoms with Crippen LogP contribution in [0.1, 0.15) is 36.9 Å². The average molecular weight is 304 g/mol. The van der Waals surface area contributed by atoms with Crippen LogP contribution in [0.2, 0.25) is 0 Å². The van der Waals surface area contributed by atoms with E-state index in [2.05, 4.69) is 0 Å². The molecule has 1 saturated heterocycles. The number of rotatable bonds is 4. The predicted octanol–water partition coefficient (Wildman–Crippen LogP) is 1.80. The number of hydrogen-bond acceptors (Lipinski definition) is 4. The normalized spacial score (nSPS) is 19.6. The summed E-state index contributed by atoms with van der Waals surface area (Å²) < 4.78 is 5.06. The Bertz CT molecular complexity index is 527. The van der Waals surface area contributed by atoms with Crippen LogP contribution < -0.4 is 5.73 Å². The van der Waals surface area contributed by atoms with Crippen molar-refractivity contribution in [1.29, 1.82) is 0 Å². The number of hydrogen-bond donors (Lipinski definition) is 1. The van der Waals surface area contributed by atoms with Crippen molar-refractivity contribution in [3.05, 3.63) is 35.4 Å². The van der Waals surface area contributed by atoms with Gasteiger partial charge in [-0.1, -0.05) is 29.8 Å². The third-order valence-corrected chi connectivity index (χ3v) is 4.06. The standard InChI is InChI=1S/C17H24N2O3/c1-3-22-17(21)14-5-4-10-19(11-14)16(20)15(18)13-8-6-12(2)7-9-13/h6-9,14-15H,3-5,10-11,18H2,1-2H3. The van der Waals surface area contributed by atoms with Crippen LogP contribution in [0.3, 0.4) is 0 Å². The minimum atomic E-state index is -0.679. The van der Waals surface area contributed by atoms with Gasteiger partial charge in [0.1, 0.15) is 6.04 Å². The van der Waals surface area contributed by atoms with Gasteiger partial charge in [0, 0.05) is 13.1 Å². The maximum Gasteiger partial charge on any atom is 0.310 e. The molecule has 1 heterocycles. The quantitative estimate of drug-likeness (QED) is 0.861. The lowest BCUT2D eigenvalue weighted by atomic mass is 9.96. The van der Waals surface area contributed by atoms with Crippen LogP contribution in [-0.2, 0) is 14.3 Å². The van der Waals surface area contributed by atoms with E-state index < -0.39 is 6.04 Å². The van der Waals surface area contributed by atoms with Crippen molar-refractivity contribution in [3.8, 4) is 0 Å². The second kappa shape index (κ2) is 7.40. The first-order valence-electron chi connectivity index (χ1n) is 7.80. The summed E-state index contributed by atoms with van der Waals surface area (Å²) in [7, 11) is 0. The van der Waals surface area contributed by atoms with Crippen molar-refractivity contribution in [2.75, 3.05) is 19.7 Å². The van der Waals surface area contributed by atoms with Gasteiger partial charge in [0.15, 0.2) is 0 Å². The van der Waals surface area contributed by atoms with E-state index in [0.717, 1.165) is 24.0 Å². The van der Waals surface area contributed by atoms with Gasteiger partial charge < -0.3 is 15.4 Å². The molecular formula is C17H24N2O3. The summed E-state index contributed by atoms with van der Waals surface area (Å²) in [6, 6.07) is 6.97. The first-order valence-corrected chi connectivity index (χ1v) is 7.80. The summed E-state index contributed by atoms with van der Waals surface area (Å²) >= 11 is 0. The zero-order valence-corrected chi connectivity index (χ0v) is 13.2. The first-order chi connectivity index (χ1) is 10.5. The second-order valence-corrected chi connectivity index (χ2v) is 5.76. The summed E-state index contributed by atoms with van der Waals surface area (Å²) in [6.07, 6.45) is 1.57. The summed E-state index contributed by atoms with van der Waals surface area (Å²) in [6.45, 7) is 5.19. The predicted molar refractivity (Wildman–Crippen MR) is 84.0 cm³/mol. The smallest absolute Gasteiger partial charge is 0.310 e. The molecule has 1 amide bonds. The van der Waals surface area contributed by atoms with Crippen molar-refractivity contribution < 1.29 is 14.3 Å². The number of carbonyl (C=O) groups excluding carboxylic acids is 2. The largest absolute Gasteiger partial charge is 0.466 e. The number of carbonyl (C=O) groups is 2. The maximum absolute atomic E-state index is 12.6. The zero-order valence-electron chi connectivity index (χ0n) is 13.2. The molecule has 1 aliphatic rings. The fourth-order valence-corrected chi connectivity index (χ4v) is 2.74. The Morgan fingerprint density at radius 2 is 2.05 bits per heavy atom. The molecule has 0 aliphatic carbocycles. The Morgan fingerprint density at radius 1 is 1.36 bits per heavy atom. The van der Waals surface area contributed by atoms with Crippen molar-refractivity contribution in [1.82, 2.24) is 4.90 Å². The lowest BCUT2D eigenvalue weighted by Crippen LogP contribution is -2.46. The van der Waals surface area contributed by atoms with Crippen molar-refractivity contribution in [2.45, 2.75) is 32.7 Å². The van der Waals surface area contributed by atoms with Crippen molar-refractivity contribution in [3.63, 3.8) is 0 Å². The number of benzene rings is 1. The minimum Gasteiger partial charge on any atom is -0.466 e. The van der Waals surface area contributed by atoms with Crippen LogP contribution in [0.4, 0.5) is 0 Å². The molecule has 5 heteroatoms. The van der Waals surface area contributed by atoms with Gasteiger partial charge in [-0.2, -0.15) is 0 Å². The van der Waals surface area contributed by atoms with E-state index in [1.165, 1.54) is 0 Å². The maximum atomic E-state index is 12.6. The molecule has 2 rings (SSSR count). The highest BCUT2D eigenvalue weighted by Gasteiger charge is 2.31. The minimum absolute atomic E-state index is 0.127. The van der Waals surface area contributed by atoms with Crippen LogP contribution in [-0.4, -0.2) is 36.5 Å². The number of aryl methyl sites for hydroxylation is 1. The average Bonchev–Trinajstić information content (AvgIpc) is 2.54. The van der Waals surface area contributed by atoms with E-state index in [4.69, 9.17) is 10.5 Å². The van der Waals surface area contributed by atoms with Gasteiger partial charge in [0.2, 0.25) is 5.91 Å². The van der Waals surface area contributed by atoms with Gasteiger partial charge in [-0.15, -0.1) is 0 Å². The highest BCUT2D eigenvalue weighted by Crippen LogP contribution is 2.21. The topological polar surface area (TPSA) is 72.6 Å². The number of esters is 1. The fourth-order valence-electron chi connectivity index (χ4n) is 2.74. The number of piperidine rings is 1. The van der Waals surface area contributed by atoms with Crippen LogP contribution in [0.5, 0.6) is 0 Å². The molecule has 0 bridgehead atoms. The summed E-state index contributed by atoms with van der Waals surface area (Å²) in [4.78, 5) is 26.1. The number of amides is 1. The van der Waals surface area contributed by atoms with Crippen molar-refractivity contribution >= 4 is 11.9 Å². The molecule has 2 unspecified atom stereocenters. The van der Waals surface area contributed by atoms with Gasteiger partial charge in [-0.25, -0.2) is 0 Å². The molecule has 0 aromatic heterocycles.